The number of rotatable bonds is 5. The van der Waals surface area contributed by atoms with E-state index in [2.05, 4.69) is 19.8 Å². The summed E-state index contributed by atoms with van der Waals surface area (Å²) in [6.07, 6.45) is 5.87. The van der Waals surface area contributed by atoms with Crippen LogP contribution in [-0.4, -0.2) is 34.7 Å². The Morgan fingerprint density at radius 3 is 2.58 bits per heavy atom. The first kappa shape index (κ1) is 13.9. The SMILES string of the molecule is Cc1cnn(CCNS(=O)(=O)c2cnc(Cl)nc2)c1. The maximum atomic E-state index is 11.9. The van der Waals surface area contributed by atoms with Crippen molar-refractivity contribution in [2.75, 3.05) is 6.54 Å². The number of hydrogen-bond acceptors (Lipinski definition) is 5. The van der Waals surface area contributed by atoms with Gasteiger partial charge in [0.05, 0.1) is 25.1 Å². The molecular weight excluding hydrogens is 290 g/mol. The lowest BCUT2D eigenvalue weighted by Crippen LogP contribution is -2.27. The molecular formula is C10H12ClN5O2S. The van der Waals surface area contributed by atoms with E-state index in [1.807, 2.05) is 13.1 Å². The highest BCUT2D eigenvalue weighted by Gasteiger charge is 2.14. The average molecular weight is 302 g/mol. The van der Waals surface area contributed by atoms with Gasteiger partial charge in [0.1, 0.15) is 4.90 Å². The lowest BCUT2D eigenvalue weighted by molar-refractivity contribution is 0.560. The number of aromatic nitrogens is 4. The van der Waals surface area contributed by atoms with Gasteiger partial charge in [0.2, 0.25) is 15.3 Å². The van der Waals surface area contributed by atoms with Crippen LogP contribution in [0.25, 0.3) is 0 Å². The third kappa shape index (κ3) is 3.72. The molecule has 19 heavy (non-hydrogen) atoms. The van der Waals surface area contributed by atoms with Crippen molar-refractivity contribution in [3.63, 3.8) is 0 Å². The van der Waals surface area contributed by atoms with Gasteiger partial charge in [-0.05, 0) is 24.1 Å². The quantitative estimate of drug-likeness (QED) is 0.817. The summed E-state index contributed by atoms with van der Waals surface area (Å²) >= 11 is 5.50. The van der Waals surface area contributed by atoms with Crippen LogP contribution in [0.15, 0.2) is 29.7 Å². The molecule has 0 saturated carbocycles. The third-order valence-corrected chi connectivity index (χ3v) is 3.91. The van der Waals surface area contributed by atoms with Crippen molar-refractivity contribution in [1.29, 1.82) is 0 Å². The molecule has 0 aliphatic rings. The second kappa shape index (κ2) is 5.64. The Kier molecular flexibility index (Phi) is 4.13. The normalized spacial score (nSPS) is 11.7. The summed E-state index contributed by atoms with van der Waals surface area (Å²) in [5.74, 6) is 0. The summed E-state index contributed by atoms with van der Waals surface area (Å²) in [4.78, 5) is 7.25. The fourth-order valence-corrected chi connectivity index (χ4v) is 2.41. The Labute approximate surface area is 115 Å². The number of halogens is 1. The van der Waals surface area contributed by atoms with Gasteiger partial charge in [0.25, 0.3) is 0 Å². The molecule has 0 saturated heterocycles. The van der Waals surface area contributed by atoms with Crippen LogP contribution in [0.2, 0.25) is 5.28 Å². The van der Waals surface area contributed by atoms with E-state index in [4.69, 9.17) is 11.6 Å². The predicted octanol–water partition coefficient (Wildman–Crippen LogP) is 0.613. The smallest absolute Gasteiger partial charge is 0.243 e. The predicted molar refractivity (Wildman–Crippen MR) is 69.2 cm³/mol. The van der Waals surface area contributed by atoms with Gasteiger partial charge in [-0.3, -0.25) is 4.68 Å². The van der Waals surface area contributed by atoms with Gasteiger partial charge in [-0.2, -0.15) is 5.10 Å². The van der Waals surface area contributed by atoms with Crippen LogP contribution in [0.4, 0.5) is 0 Å². The zero-order chi connectivity index (χ0) is 13.9. The zero-order valence-electron chi connectivity index (χ0n) is 10.1. The van der Waals surface area contributed by atoms with Crippen LogP contribution in [0.3, 0.4) is 0 Å². The number of hydrogen-bond donors (Lipinski definition) is 1. The minimum Gasteiger partial charge on any atom is -0.271 e. The highest BCUT2D eigenvalue weighted by molar-refractivity contribution is 7.89. The molecule has 9 heteroatoms. The maximum Gasteiger partial charge on any atom is 0.243 e. The molecule has 2 rings (SSSR count). The van der Waals surface area contributed by atoms with Gasteiger partial charge in [-0.1, -0.05) is 0 Å². The van der Waals surface area contributed by atoms with E-state index >= 15 is 0 Å². The standard InChI is InChI=1S/C10H12ClN5O2S/c1-8-4-14-16(7-8)3-2-15-19(17,18)9-5-12-10(11)13-6-9/h4-7,15H,2-3H2,1H3. The van der Waals surface area contributed by atoms with E-state index in [-0.39, 0.29) is 16.7 Å². The molecule has 2 heterocycles. The molecule has 0 aliphatic carbocycles. The summed E-state index contributed by atoms with van der Waals surface area (Å²) in [5.41, 5.74) is 1.02. The third-order valence-electron chi connectivity index (χ3n) is 2.30. The number of nitrogens with zero attached hydrogens (tertiary/aromatic N) is 4. The molecule has 0 aliphatic heterocycles. The van der Waals surface area contributed by atoms with Crippen molar-refractivity contribution < 1.29 is 8.42 Å². The Bertz CT molecular complexity index is 653. The Hall–Kier alpha value is -1.51. The molecule has 1 N–H and O–H groups in total. The van der Waals surface area contributed by atoms with E-state index in [9.17, 15) is 8.42 Å². The molecule has 2 aromatic rings. The van der Waals surface area contributed by atoms with E-state index in [0.717, 1.165) is 18.0 Å². The molecule has 0 aromatic carbocycles. The molecule has 0 bridgehead atoms. The number of nitrogens with one attached hydrogen (secondary N) is 1. The van der Waals surface area contributed by atoms with Crippen molar-refractivity contribution in [2.45, 2.75) is 18.4 Å². The van der Waals surface area contributed by atoms with E-state index in [1.54, 1.807) is 10.9 Å². The lowest BCUT2D eigenvalue weighted by Gasteiger charge is -2.06. The first-order valence-electron chi connectivity index (χ1n) is 5.44. The van der Waals surface area contributed by atoms with Crippen molar-refractivity contribution in [3.8, 4) is 0 Å². The number of sulfonamides is 1. The van der Waals surface area contributed by atoms with Crippen LogP contribution in [0.5, 0.6) is 0 Å². The Morgan fingerprint density at radius 2 is 2.00 bits per heavy atom. The Morgan fingerprint density at radius 1 is 1.32 bits per heavy atom. The number of aryl methyl sites for hydroxylation is 1. The monoisotopic (exact) mass is 301 g/mol. The summed E-state index contributed by atoms with van der Waals surface area (Å²) < 4.78 is 27.9. The highest BCUT2D eigenvalue weighted by atomic mass is 35.5. The van der Waals surface area contributed by atoms with Gasteiger partial charge in [-0.15, -0.1) is 0 Å². The van der Waals surface area contributed by atoms with Gasteiger partial charge < -0.3 is 0 Å². The van der Waals surface area contributed by atoms with Crippen LogP contribution in [0.1, 0.15) is 5.56 Å². The van der Waals surface area contributed by atoms with Gasteiger partial charge in [0, 0.05) is 12.7 Å². The van der Waals surface area contributed by atoms with Crippen molar-refractivity contribution >= 4 is 21.6 Å². The first-order chi connectivity index (χ1) is 8.97. The fraction of sp³-hybridized carbons (Fsp3) is 0.300. The lowest BCUT2D eigenvalue weighted by atomic mass is 10.4. The molecule has 2 aromatic heterocycles. The zero-order valence-corrected chi connectivity index (χ0v) is 11.7. The van der Waals surface area contributed by atoms with Gasteiger partial charge in [-0.25, -0.2) is 23.1 Å². The molecule has 102 valence electrons. The summed E-state index contributed by atoms with van der Waals surface area (Å²) in [5, 5.41) is 4.06. The fourth-order valence-electron chi connectivity index (χ4n) is 1.41. The second-order valence-corrected chi connectivity index (χ2v) is 5.97. The second-order valence-electron chi connectivity index (χ2n) is 3.87. The van der Waals surface area contributed by atoms with Crippen LogP contribution in [-0.2, 0) is 16.6 Å². The topological polar surface area (TPSA) is 89.8 Å². The van der Waals surface area contributed by atoms with Crippen LogP contribution in [0, 0.1) is 6.92 Å². The summed E-state index contributed by atoms with van der Waals surface area (Å²) in [6.45, 7) is 2.59. The first-order valence-corrected chi connectivity index (χ1v) is 7.30. The Balaban J connectivity index is 1.96. The minimum absolute atomic E-state index is 0.00552. The van der Waals surface area contributed by atoms with Crippen LogP contribution >= 0.6 is 11.6 Å². The molecule has 7 nitrogen and oxygen atoms in total. The average Bonchev–Trinajstić information content (AvgIpc) is 2.75. The molecule has 0 fully saturated rings. The van der Waals surface area contributed by atoms with Gasteiger partial charge in [0.15, 0.2) is 0 Å². The maximum absolute atomic E-state index is 11.9. The molecule has 0 unspecified atom stereocenters. The highest BCUT2D eigenvalue weighted by Crippen LogP contribution is 2.07. The van der Waals surface area contributed by atoms with Crippen molar-refractivity contribution in [1.82, 2.24) is 24.5 Å². The van der Waals surface area contributed by atoms with E-state index in [0.29, 0.717) is 6.54 Å². The van der Waals surface area contributed by atoms with Crippen molar-refractivity contribution in [3.05, 3.63) is 35.6 Å². The molecule has 0 atom stereocenters. The van der Waals surface area contributed by atoms with E-state index < -0.39 is 10.0 Å². The van der Waals surface area contributed by atoms with Crippen LogP contribution < -0.4 is 4.72 Å². The van der Waals surface area contributed by atoms with E-state index in [1.165, 1.54) is 0 Å². The minimum atomic E-state index is -3.62. The molecule has 0 radical (unpaired) electrons. The molecule has 0 amide bonds. The summed E-state index contributed by atoms with van der Waals surface area (Å²) in [6, 6.07) is 0. The summed E-state index contributed by atoms with van der Waals surface area (Å²) in [7, 11) is -3.62. The largest absolute Gasteiger partial charge is 0.271 e. The molecule has 0 spiro atoms. The van der Waals surface area contributed by atoms with Gasteiger partial charge >= 0.3 is 0 Å². The van der Waals surface area contributed by atoms with Crippen molar-refractivity contribution in [2.24, 2.45) is 0 Å².